The highest BCUT2D eigenvalue weighted by Gasteiger charge is 2.35. The van der Waals surface area contributed by atoms with Crippen molar-refractivity contribution < 1.29 is 18.0 Å². The maximum atomic E-state index is 13.3. The van der Waals surface area contributed by atoms with Gasteiger partial charge in [-0.2, -0.15) is 18.3 Å². The summed E-state index contributed by atoms with van der Waals surface area (Å²) >= 11 is 5.76. The molecule has 5 nitrogen and oxygen atoms in total. The highest BCUT2D eigenvalue weighted by atomic mass is 35.5. The summed E-state index contributed by atoms with van der Waals surface area (Å²) in [6.07, 6.45) is -3.70. The summed E-state index contributed by atoms with van der Waals surface area (Å²) in [5.74, 6) is -0.628. The van der Waals surface area contributed by atoms with E-state index in [4.69, 9.17) is 11.6 Å². The van der Waals surface area contributed by atoms with Crippen LogP contribution in [0.4, 0.5) is 13.2 Å². The Balaban J connectivity index is 1.52. The number of carbonyl (C=O) groups excluding carboxylic acids is 1. The molecule has 2 heterocycles. The summed E-state index contributed by atoms with van der Waals surface area (Å²) in [6, 6.07) is 23.1. The van der Waals surface area contributed by atoms with Crippen LogP contribution >= 0.6 is 11.6 Å². The molecular formula is C27H19ClF3N3O2. The summed E-state index contributed by atoms with van der Waals surface area (Å²) in [5, 5.41) is 7.29. The summed E-state index contributed by atoms with van der Waals surface area (Å²) in [7, 11) is 0. The molecule has 3 aromatic carbocycles. The topological polar surface area (TPSA) is 54.7 Å². The van der Waals surface area contributed by atoms with Gasteiger partial charge in [0, 0.05) is 12.6 Å². The van der Waals surface area contributed by atoms with E-state index in [0.29, 0.717) is 29.0 Å². The number of halogens is 4. The van der Waals surface area contributed by atoms with Crippen molar-refractivity contribution in [3.05, 3.63) is 117 Å². The Labute approximate surface area is 209 Å². The van der Waals surface area contributed by atoms with E-state index in [1.807, 2.05) is 72.8 Å². The first-order valence-electron chi connectivity index (χ1n) is 11.1. The summed E-state index contributed by atoms with van der Waals surface area (Å²) in [6.45, 7) is -0.639. The van der Waals surface area contributed by atoms with Crippen LogP contribution in [0.5, 0.6) is 0 Å². The van der Waals surface area contributed by atoms with Crippen LogP contribution in [0.25, 0.3) is 10.8 Å². The van der Waals surface area contributed by atoms with E-state index in [1.54, 1.807) is 0 Å². The van der Waals surface area contributed by atoms with Gasteiger partial charge in [-0.15, -0.1) is 0 Å². The molecule has 0 N–H and O–H groups in total. The normalized spacial score (nSPS) is 15.8. The Morgan fingerprint density at radius 2 is 1.67 bits per heavy atom. The lowest BCUT2D eigenvalue weighted by Crippen LogP contribution is -2.34. The number of fused-ring (bicyclic) bond motifs is 1. The molecule has 0 saturated carbocycles. The van der Waals surface area contributed by atoms with Gasteiger partial charge in [-0.05, 0) is 34.0 Å². The van der Waals surface area contributed by atoms with Gasteiger partial charge in [-0.1, -0.05) is 78.3 Å². The highest BCUT2D eigenvalue weighted by molar-refractivity contribution is 6.30. The number of rotatable bonds is 4. The third-order valence-electron chi connectivity index (χ3n) is 6.11. The van der Waals surface area contributed by atoms with Crippen molar-refractivity contribution in [2.45, 2.75) is 25.2 Å². The van der Waals surface area contributed by atoms with E-state index < -0.39 is 40.8 Å². The van der Waals surface area contributed by atoms with Gasteiger partial charge in [-0.25, -0.2) is 5.01 Å². The number of carbonyl (C=O) groups is 1. The zero-order valence-electron chi connectivity index (χ0n) is 18.7. The van der Waals surface area contributed by atoms with Crippen molar-refractivity contribution >= 4 is 34.0 Å². The van der Waals surface area contributed by atoms with Crippen LogP contribution in [-0.2, 0) is 17.5 Å². The average Bonchev–Trinajstić information content (AvgIpc) is 3.32. The van der Waals surface area contributed by atoms with Crippen LogP contribution in [0.3, 0.4) is 0 Å². The van der Waals surface area contributed by atoms with Crippen LogP contribution < -0.4 is 5.56 Å². The minimum atomic E-state index is -4.72. The molecular weight excluding hydrogens is 491 g/mol. The molecule has 1 aliphatic heterocycles. The number of hydrogen-bond acceptors (Lipinski definition) is 3. The maximum Gasteiger partial charge on any atom is 0.417 e. The van der Waals surface area contributed by atoms with Crippen molar-refractivity contribution in [2.75, 3.05) is 0 Å². The van der Waals surface area contributed by atoms with E-state index in [9.17, 15) is 22.8 Å². The van der Waals surface area contributed by atoms with Crippen molar-refractivity contribution in [1.82, 2.24) is 9.58 Å². The Morgan fingerprint density at radius 3 is 2.39 bits per heavy atom. The van der Waals surface area contributed by atoms with E-state index in [1.165, 1.54) is 5.01 Å². The first-order valence-corrected chi connectivity index (χ1v) is 11.5. The number of benzene rings is 3. The molecule has 0 bridgehead atoms. The predicted octanol–water partition coefficient (Wildman–Crippen LogP) is 6.05. The fourth-order valence-electron chi connectivity index (χ4n) is 4.31. The first kappa shape index (κ1) is 23.8. The van der Waals surface area contributed by atoms with Gasteiger partial charge in [0.1, 0.15) is 11.6 Å². The molecule has 0 aliphatic carbocycles. The Kier molecular flexibility index (Phi) is 6.14. The molecule has 0 saturated heterocycles. The van der Waals surface area contributed by atoms with E-state index in [0.717, 1.165) is 21.9 Å². The number of pyridine rings is 1. The molecule has 0 spiro atoms. The lowest BCUT2D eigenvalue weighted by Gasteiger charge is -2.22. The average molecular weight is 510 g/mol. The minimum absolute atomic E-state index is 0.409. The number of hydrogen-bond donors (Lipinski definition) is 0. The zero-order chi connectivity index (χ0) is 25.4. The molecule has 0 fully saturated rings. The molecule has 1 amide bonds. The third kappa shape index (κ3) is 4.64. The number of alkyl halides is 3. The molecule has 1 aliphatic rings. The van der Waals surface area contributed by atoms with Crippen LogP contribution in [0.1, 0.15) is 29.2 Å². The Morgan fingerprint density at radius 1 is 0.972 bits per heavy atom. The zero-order valence-corrected chi connectivity index (χ0v) is 19.5. The molecule has 1 aromatic heterocycles. The second-order valence-corrected chi connectivity index (χ2v) is 8.89. The van der Waals surface area contributed by atoms with E-state index in [-0.39, 0.29) is 0 Å². The smallest absolute Gasteiger partial charge is 0.304 e. The molecule has 9 heteroatoms. The summed E-state index contributed by atoms with van der Waals surface area (Å²) in [4.78, 5) is 25.8. The lowest BCUT2D eigenvalue weighted by molar-refractivity contribution is -0.139. The number of amides is 1. The van der Waals surface area contributed by atoms with Crippen LogP contribution in [0, 0.1) is 0 Å². The van der Waals surface area contributed by atoms with Gasteiger partial charge in [0.05, 0.1) is 17.3 Å². The summed E-state index contributed by atoms with van der Waals surface area (Å²) < 4.78 is 40.5. The molecule has 5 rings (SSSR count). The fourth-order valence-corrected chi connectivity index (χ4v) is 4.53. The van der Waals surface area contributed by atoms with Gasteiger partial charge in [0.25, 0.3) is 11.5 Å². The van der Waals surface area contributed by atoms with Crippen LogP contribution in [0.2, 0.25) is 5.02 Å². The van der Waals surface area contributed by atoms with Gasteiger partial charge >= 0.3 is 6.18 Å². The number of hydrazone groups is 1. The SMILES string of the molecule is O=C(Cn1cc(C(F)(F)F)cc(Cl)c1=O)N1N=C(c2ccc3ccccc3c2)C[C@H]1c1ccccc1. The van der Waals surface area contributed by atoms with Gasteiger partial charge in [-0.3, -0.25) is 9.59 Å². The number of nitrogens with zero attached hydrogens (tertiary/aromatic N) is 3. The third-order valence-corrected chi connectivity index (χ3v) is 6.38. The quantitative estimate of drug-likeness (QED) is 0.336. The highest BCUT2D eigenvalue weighted by Crippen LogP contribution is 2.34. The van der Waals surface area contributed by atoms with E-state index >= 15 is 0 Å². The van der Waals surface area contributed by atoms with Crippen molar-refractivity contribution in [2.24, 2.45) is 5.10 Å². The molecule has 0 radical (unpaired) electrons. The standard InChI is InChI=1S/C27H19ClF3N3O2/c28-22-13-21(27(29,30)31)15-33(26(22)36)16-25(35)34-24(18-7-2-1-3-8-18)14-23(32-34)20-11-10-17-6-4-5-9-19(17)12-20/h1-13,15,24H,14,16H2/t24-/m0/s1. The van der Waals surface area contributed by atoms with Gasteiger partial charge in [0.15, 0.2) is 0 Å². The fraction of sp³-hybridized carbons (Fsp3) is 0.148. The Bertz CT molecular complexity index is 1550. The predicted molar refractivity (Wildman–Crippen MR) is 132 cm³/mol. The second-order valence-electron chi connectivity index (χ2n) is 8.49. The number of aromatic nitrogens is 1. The molecule has 36 heavy (non-hydrogen) atoms. The molecule has 182 valence electrons. The van der Waals surface area contributed by atoms with Gasteiger partial charge in [0.2, 0.25) is 0 Å². The largest absolute Gasteiger partial charge is 0.417 e. The van der Waals surface area contributed by atoms with Crippen LogP contribution in [0.15, 0.2) is 95.0 Å². The van der Waals surface area contributed by atoms with Crippen molar-refractivity contribution in [1.29, 1.82) is 0 Å². The van der Waals surface area contributed by atoms with Gasteiger partial charge < -0.3 is 4.57 Å². The van der Waals surface area contributed by atoms with E-state index in [2.05, 4.69) is 5.10 Å². The maximum absolute atomic E-state index is 13.3. The monoisotopic (exact) mass is 509 g/mol. The van der Waals surface area contributed by atoms with Crippen molar-refractivity contribution in [3.63, 3.8) is 0 Å². The first-order chi connectivity index (χ1) is 17.2. The lowest BCUT2D eigenvalue weighted by atomic mass is 9.97. The molecule has 4 aromatic rings. The summed E-state index contributed by atoms with van der Waals surface area (Å²) in [5.41, 5.74) is 0.329. The van der Waals surface area contributed by atoms with Crippen LogP contribution in [-0.4, -0.2) is 21.2 Å². The molecule has 0 unspecified atom stereocenters. The van der Waals surface area contributed by atoms with Crippen molar-refractivity contribution in [3.8, 4) is 0 Å². The Hall–Kier alpha value is -3.91. The molecule has 1 atom stereocenters. The minimum Gasteiger partial charge on any atom is -0.304 e. The second kappa shape index (κ2) is 9.28.